The maximum Gasteiger partial charge on any atom is 0.249 e. The van der Waals surface area contributed by atoms with Crippen LogP contribution in [0.15, 0.2) is 24.3 Å². The Bertz CT molecular complexity index is 605. The van der Waals surface area contributed by atoms with Crippen LogP contribution in [0.2, 0.25) is 0 Å². The molecule has 1 heterocycles. The number of rotatable bonds is 4. The Kier molecular flexibility index (Phi) is 6.85. The SMILES string of the molecule is Cc1ccc(N2CCCC(NC(=O)C[C@@H]3CCC[C@H]3N)C2=O)cc1.Cl. The van der Waals surface area contributed by atoms with Crippen LogP contribution in [-0.2, 0) is 9.59 Å². The molecule has 3 rings (SSSR count). The monoisotopic (exact) mass is 365 g/mol. The molecule has 3 atom stereocenters. The Labute approximate surface area is 155 Å². The maximum absolute atomic E-state index is 12.7. The molecule has 0 radical (unpaired) electrons. The van der Waals surface area contributed by atoms with Gasteiger partial charge in [-0.3, -0.25) is 9.59 Å². The molecule has 1 saturated carbocycles. The summed E-state index contributed by atoms with van der Waals surface area (Å²) in [7, 11) is 0. The Morgan fingerprint density at radius 3 is 2.56 bits per heavy atom. The third-order valence-corrected chi connectivity index (χ3v) is 5.28. The van der Waals surface area contributed by atoms with Crippen molar-refractivity contribution in [3.63, 3.8) is 0 Å². The number of anilines is 1. The zero-order chi connectivity index (χ0) is 17.1. The number of hydrogen-bond donors (Lipinski definition) is 2. The van der Waals surface area contributed by atoms with E-state index >= 15 is 0 Å². The van der Waals surface area contributed by atoms with E-state index < -0.39 is 6.04 Å². The summed E-state index contributed by atoms with van der Waals surface area (Å²) in [6, 6.07) is 7.66. The summed E-state index contributed by atoms with van der Waals surface area (Å²) in [6.07, 6.45) is 5.17. The first kappa shape index (κ1) is 19.7. The molecule has 1 aliphatic carbocycles. The van der Waals surface area contributed by atoms with Crippen LogP contribution in [0.4, 0.5) is 5.69 Å². The van der Waals surface area contributed by atoms with E-state index in [0.29, 0.717) is 19.4 Å². The van der Waals surface area contributed by atoms with Gasteiger partial charge in [0, 0.05) is 24.7 Å². The number of nitrogens with one attached hydrogen (secondary N) is 1. The molecule has 1 aromatic carbocycles. The van der Waals surface area contributed by atoms with Crippen molar-refractivity contribution in [2.24, 2.45) is 11.7 Å². The molecule has 1 aliphatic heterocycles. The van der Waals surface area contributed by atoms with E-state index in [9.17, 15) is 9.59 Å². The second-order valence-electron chi connectivity index (χ2n) is 7.15. The van der Waals surface area contributed by atoms with E-state index in [1.807, 2.05) is 31.2 Å². The molecule has 0 aromatic heterocycles. The van der Waals surface area contributed by atoms with Crippen LogP contribution in [0, 0.1) is 12.8 Å². The van der Waals surface area contributed by atoms with Crippen molar-refractivity contribution in [2.45, 2.75) is 57.5 Å². The van der Waals surface area contributed by atoms with Crippen molar-refractivity contribution in [3.8, 4) is 0 Å². The highest BCUT2D eigenvalue weighted by Gasteiger charge is 2.32. The fourth-order valence-electron chi connectivity index (χ4n) is 3.80. The third kappa shape index (κ3) is 4.73. The molecule has 5 nitrogen and oxygen atoms in total. The van der Waals surface area contributed by atoms with Crippen molar-refractivity contribution in [1.82, 2.24) is 5.32 Å². The fraction of sp³-hybridized carbons (Fsp3) is 0.579. The van der Waals surface area contributed by atoms with Crippen molar-refractivity contribution in [1.29, 1.82) is 0 Å². The predicted molar refractivity (Wildman–Crippen MR) is 102 cm³/mol. The molecule has 6 heteroatoms. The Morgan fingerprint density at radius 2 is 1.92 bits per heavy atom. The molecular formula is C19H28ClN3O2. The second kappa shape index (κ2) is 8.68. The first-order valence-electron chi connectivity index (χ1n) is 8.97. The number of hydrogen-bond acceptors (Lipinski definition) is 3. The number of nitrogens with two attached hydrogens (primary N) is 1. The van der Waals surface area contributed by atoms with Gasteiger partial charge in [-0.2, -0.15) is 0 Å². The molecule has 0 bridgehead atoms. The number of carbonyl (C=O) groups excluding carboxylic acids is 2. The van der Waals surface area contributed by atoms with Crippen LogP contribution in [0.1, 0.15) is 44.1 Å². The summed E-state index contributed by atoms with van der Waals surface area (Å²) < 4.78 is 0. The van der Waals surface area contributed by atoms with Gasteiger partial charge in [0.15, 0.2) is 0 Å². The van der Waals surface area contributed by atoms with Gasteiger partial charge >= 0.3 is 0 Å². The van der Waals surface area contributed by atoms with Gasteiger partial charge in [0.25, 0.3) is 0 Å². The van der Waals surface area contributed by atoms with Crippen LogP contribution in [0.5, 0.6) is 0 Å². The molecular weight excluding hydrogens is 338 g/mol. The number of halogens is 1. The summed E-state index contributed by atoms with van der Waals surface area (Å²) >= 11 is 0. The minimum absolute atomic E-state index is 0. The maximum atomic E-state index is 12.7. The Balaban J connectivity index is 0.00000225. The highest BCUT2D eigenvalue weighted by molar-refractivity contribution is 5.99. The first-order valence-corrected chi connectivity index (χ1v) is 8.97. The van der Waals surface area contributed by atoms with Crippen LogP contribution in [0.3, 0.4) is 0 Å². The van der Waals surface area contributed by atoms with Crippen LogP contribution >= 0.6 is 12.4 Å². The number of piperidine rings is 1. The van der Waals surface area contributed by atoms with E-state index in [1.165, 1.54) is 5.56 Å². The van der Waals surface area contributed by atoms with Crippen molar-refractivity contribution < 1.29 is 9.59 Å². The number of benzene rings is 1. The predicted octanol–water partition coefficient (Wildman–Crippen LogP) is 2.55. The molecule has 2 amide bonds. The van der Waals surface area contributed by atoms with Gasteiger partial charge in [-0.15, -0.1) is 12.4 Å². The summed E-state index contributed by atoms with van der Waals surface area (Å²) in [6.45, 7) is 2.74. The van der Waals surface area contributed by atoms with E-state index in [-0.39, 0.29) is 36.2 Å². The summed E-state index contributed by atoms with van der Waals surface area (Å²) in [4.78, 5) is 26.8. The van der Waals surface area contributed by atoms with Gasteiger partial charge in [-0.1, -0.05) is 24.1 Å². The van der Waals surface area contributed by atoms with Gasteiger partial charge in [-0.05, 0) is 50.7 Å². The standard InChI is InChI=1S/C19H27N3O2.ClH/c1-13-7-9-15(10-8-13)22-11-3-6-17(19(22)24)21-18(23)12-14-4-2-5-16(14)20;/h7-10,14,16-17H,2-6,11-12,20H2,1H3,(H,21,23);1H/t14-,16+,17?;/m0./s1. The average Bonchev–Trinajstić information content (AvgIpc) is 2.95. The lowest BCUT2D eigenvalue weighted by atomic mass is 9.98. The molecule has 3 N–H and O–H groups in total. The van der Waals surface area contributed by atoms with Crippen LogP contribution in [0.25, 0.3) is 0 Å². The van der Waals surface area contributed by atoms with Gasteiger partial charge < -0.3 is 16.0 Å². The summed E-state index contributed by atoms with van der Waals surface area (Å²) in [5, 5.41) is 2.94. The zero-order valence-electron chi connectivity index (χ0n) is 14.7. The van der Waals surface area contributed by atoms with Crippen molar-refractivity contribution in [3.05, 3.63) is 29.8 Å². The highest BCUT2D eigenvalue weighted by Crippen LogP contribution is 2.27. The highest BCUT2D eigenvalue weighted by atomic mass is 35.5. The summed E-state index contributed by atoms with van der Waals surface area (Å²) in [5.41, 5.74) is 8.12. The van der Waals surface area contributed by atoms with Gasteiger partial charge in [0.05, 0.1) is 0 Å². The molecule has 1 saturated heterocycles. The quantitative estimate of drug-likeness (QED) is 0.860. The smallest absolute Gasteiger partial charge is 0.249 e. The minimum atomic E-state index is -0.412. The Hall–Kier alpha value is -1.59. The number of amides is 2. The second-order valence-corrected chi connectivity index (χ2v) is 7.15. The van der Waals surface area contributed by atoms with Crippen LogP contribution < -0.4 is 16.0 Å². The van der Waals surface area contributed by atoms with Gasteiger partial charge in [0.2, 0.25) is 11.8 Å². The topological polar surface area (TPSA) is 75.4 Å². The van der Waals surface area contributed by atoms with E-state index in [1.54, 1.807) is 4.90 Å². The lowest BCUT2D eigenvalue weighted by Crippen LogP contribution is -2.52. The molecule has 25 heavy (non-hydrogen) atoms. The normalized spacial score (nSPS) is 26.2. The molecule has 2 aliphatic rings. The average molecular weight is 366 g/mol. The van der Waals surface area contributed by atoms with E-state index in [0.717, 1.165) is 31.4 Å². The number of nitrogens with zero attached hydrogens (tertiary/aromatic N) is 1. The summed E-state index contributed by atoms with van der Waals surface area (Å²) in [5.74, 6) is 0.215. The molecule has 2 fully saturated rings. The lowest BCUT2D eigenvalue weighted by Gasteiger charge is -2.33. The largest absolute Gasteiger partial charge is 0.344 e. The van der Waals surface area contributed by atoms with E-state index in [2.05, 4.69) is 5.32 Å². The third-order valence-electron chi connectivity index (χ3n) is 5.28. The van der Waals surface area contributed by atoms with Crippen molar-refractivity contribution >= 4 is 29.9 Å². The van der Waals surface area contributed by atoms with Gasteiger partial charge in [0.1, 0.15) is 6.04 Å². The zero-order valence-corrected chi connectivity index (χ0v) is 15.6. The molecule has 0 spiro atoms. The van der Waals surface area contributed by atoms with E-state index in [4.69, 9.17) is 5.73 Å². The number of carbonyl (C=O) groups is 2. The first-order chi connectivity index (χ1) is 11.5. The molecule has 1 aromatic rings. The number of aryl methyl sites for hydroxylation is 1. The van der Waals surface area contributed by atoms with Crippen LogP contribution in [-0.4, -0.2) is 30.4 Å². The minimum Gasteiger partial charge on any atom is -0.344 e. The molecule has 1 unspecified atom stereocenters. The molecule has 138 valence electrons. The van der Waals surface area contributed by atoms with Crippen molar-refractivity contribution in [2.75, 3.05) is 11.4 Å². The lowest BCUT2D eigenvalue weighted by molar-refractivity contribution is -0.129. The fourth-order valence-corrected chi connectivity index (χ4v) is 3.80. The van der Waals surface area contributed by atoms with Gasteiger partial charge in [-0.25, -0.2) is 0 Å². The Morgan fingerprint density at radius 1 is 1.20 bits per heavy atom.